The minimum Gasteiger partial charge on any atom is -0.497 e. The average Bonchev–Trinajstić information content (AvgIpc) is 3.24. The highest BCUT2D eigenvalue weighted by atomic mass is 32.2. The summed E-state index contributed by atoms with van der Waals surface area (Å²) in [6.45, 7) is 2.58. The maximum atomic E-state index is 12.9. The largest absolute Gasteiger partial charge is 0.497 e. The fraction of sp³-hybridized carbons (Fsp3) is 0.450. The predicted molar refractivity (Wildman–Crippen MR) is 105 cm³/mol. The van der Waals surface area contributed by atoms with Crippen molar-refractivity contribution in [2.75, 3.05) is 40.0 Å². The SMILES string of the molecule is COc1ccc([C@@H]2[C@@H]3CN(C(=O)c4cnc(SC)nc4)C[C@@H]3CN2C)cc1. The zero-order valence-electron chi connectivity index (χ0n) is 15.8. The standard InChI is InChI=1S/C20H24N4O2S/c1-23-10-15-11-24(19(25)14-8-21-20(27-3)22-9-14)12-17(15)18(23)13-4-6-16(26-2)7-5-13/h4-9,15,17-18H,10-12H2,1-3H3/t15-,17+,18+/m0/s1. The van der Waals surface area contributed by atoms with Gasteiger partial charge in [0.15, 0.2) is 5.16 Å². The monoisotopic (exact) mass is 384 g/mol. The topological polar surface area (TPSA) is 58.6 Å². The molecule has 2 aliphatic heterocycles. The second kappa shape index (κ2) is 7.48. The number of rotatable bonds is 4. The zero-order valence-corrected chi connectivity index (χ0v) is 16.6. The lowest BCUT2D eigenvalue weighted by molar-refractivity contribution is 0.0766. The lowest BCUT2D eigenvalue weighted by Gasteiger charge is -2.27. The number of hydrogen-bond donors (Lipinski definition) is 0. The van der Waals surface area contributed by atoms with Crippen molar-refractivity contribution in [1.82, 2.24) is 19.8 Å². The van der Waals surface area contributed by atoms with Crippen molar-refractivity contribution in [1.29, 1.82) is 0 Å². The quantitative estimate of drug-likeness (QED) is 0.597. The Morgan fingerprint density at radius 3 is 2.48 bits per heavy atom. The number of carbonyl (C=O) groups excluding carboxylic acids is 1. The van der Waals surface area contributed by atoms with E-state index in [4.69, 9.17) is 4.74 Å². The molecule has 0 aliphatic carbocycles. The number of amides is 1. The van der Waals surface area contributed by atoms with Gasteiger partial charge in [-0.15, -0.1) is 0 Å². The van der Waals surface area contributed by atoms with Crippen molar-refractivity contribution in [3.63, 3.8) is 0 Å². The maximum Gasteiger partial charge on any atom is 0.257 e. The van der Waals surface area contributed by atoms with Gasteiger partial charge in [0, 0.05) is 44.0 Å². The Kier molecular flexibility index (Phi) is 5.06. The highest BCUT2D eigenvalue weighted by Crippen LogP contribution is 2.44. The van der Waals surface area contributed by atoms with E-state index in [1.807, 2.05) is 23.3 Å². The minimum atomic E-state index is 0.0354. The number of thioether (sulfide) groups is 1. The first kappa shape index (κ1) is 18.3. The first-order valence-corrected chi connectivity index (χ1v) is 10.3. The summed E-state index contributed by atoms with van der Waals surface area (Å²) in [5, 5.41) is 0.686. The van der Waals surface area contributed by atoms with Crippen molar-refractivity contribution < 1.29 is 9.53 Å². The van der Waals surface area contributed by atoms with Gasteiger partial charge in [-0.2, -0.15) is 0 Å². The van der Waals surface area contributed by atoms with E-state index in [-0.39, 0.29) is 5.91 Å². The van der Waals surface area contributed by atoms with Crippen LogP contribution < -0.4 is 4.74 Å². The molecular weight excluding hydrogens is 360 g/mol. The third-order valence-corrected chi connectivity index (χ3v) is 6.27. The number of ether oxygens (including phenoxy) is 1. The van der Waals surface area contributed by atoms with Gasteiger partial charge in [-0.05, 0) is 36.9 Å². The highest BCUT2D eigenvalue weighted by molar-refractivity contribution is 7.98. The molecule has 0 saturated carbocycles. The van der Waals surface area contributed by atoms with Gasteiger partial charge >= 0.3 is 0 Å². The molecular formula is C20H24N4O2S. The van der Waals surface area contributed by atoms with E-state index in [0.717, 1.165) is 25.4 Å². The lowest BCUT2D eigenvalue weighted by Crippen LogP contribution is -2.33. The molecule has 7 heteroatoms. The van der Waals surface area contributed by atoms with E-state index < -0.39 is 0 Å². The number of benzene rings is 1. The van der Waals surface area contributed by atoms with Crippen LogP contribution >= 0.6 is 11.8 Å². The number of aromatic nitrogens is 2. The van der Waals surface area contributed by atoms with E-state index in [2.05, 4.69) is 34.0 Å². The molecule has 0 N–H and O–H groups in total. The van der Waals surface area contributed by atoms with Crippen molar-refractivity contribution in [3.8, 4) is 5.75 Å². The molecule has 27 heavy (non-hydrogen) atoms. The summed E-state index contributed by atoms with van der Waals surface area (Å²) in [6, 6.07) is 8.63. The molecule has 1 aromatic heterocycles. The number of likely N-dealkylation sites (tertiary alicyclic amines) is 2. The van der Waals surface area contributed by atoms with Crippen molar-refractivity contribution in [2.24, 2.45) is 11.8 Å². The van der Waals surface area contributed by atoms with Gasteiger partial charge in [-0.3, -0.25) is 9.69 Å². The van der Waals surface area contributed by atoms with Crippen LogP contribution in [0.2, 0.25) is 0 Å². The van der Waals surface area contributed by atoms with Gasteiger partial charge in [0.1, 0.15) is 5.75 Å². The van der Waals surface area contributed by atoms with E-state index in [9.17, 15) is 4.79 Å². The number of fused-ring (bicyclic) bond motifs is 1. The van der Waals surface area contributed by atoms with Crippen LogP contribution in [0.3, 0.4) is 0 Å². The molecule has 2 aliphatic rings. The molecule has 4 rings (SSSR count). The third kappa shape index (κ3) is 3.41. The van der Waals surface area contributed by atoms with Gasteiger partial charge in [0.2, 0.25) is 0 Å². The molecule has 0 unspecified atom stereocenters. The Labute approximate surface area is 163 Å². The fourth-order valence-corrected chi connectivity index (χ4v) is 4.76. The summed E-state index contributed by atoms with van der Waals surface area (Å²) in [4.78, 5) is 25.7. The molecule has 6 nitrogen and oxygen atoms in total. The van der Waals surface area contributed by atoms with Crippen LogP contribution in [-0.2, 0) is 0 Å². The Balaban J connectivity index is 1.50. The second-order valence-corrected chi connectivity index (χ2v) is 8.02. The Morgan fingerprint density at radius 1 is 1.15 bits per heavy atom. The summed E-state index contributed by atoms with van der Waals surface area (Å²) in [6.07, 6.45) is 5.21. The summed E-state index contributed by atoms with van der Waals surface area (Å²) in [5.41, 5.74) is 1.86. The number of nitrogens with zero attached hydrogens (tertiary/aromatic N) is 4. The van der Waals surface area contributed by atoms with Gasteiger partial charge in [0.05, 0.1) is 12.7 Å². The summed E-state index contributed by atoms with van der Waals surface area (Å²) < 4.78 is 5.28. The Bertz CT molecular complexity index is 812. The zero-order chi connectivity index (χ0) is 19.0. The smallest absolute Gasteiger partial charge is 0.257 e. The molecule has 0 bridgehead atoms. The molecule has 3 heterocycles. The van der Waals surface area contributed by atoms with Gasteiger partial charge in [0.25, 0.3) is 5.91 Å². The molecule has 142 valence electrons. The summed E-state index contributed by atoms with van der Waals surface area (Å²) in [7, 11) is 3.86. The summed E-state index contributed by atoms with van der Waals surface area (Å²) in [5.74, 6) is 1.84. The lowest BCUT2D eigenvalue weighted by atomic mass is 9.89. The highest BCUT2D eigenvalue weighted by Gasteiger charge is 2.47. The first-order chi connectivity index (χ1) is 13.1. The van der Waals surface area contributed by atoms with Crippen LogP contribution in [0.1, 0.15) is 22.0 Å². The molecule has 2 saturated heterocycles. The van der Waals surface area contributed by atoms with E-state index in [1.165, 1.54) is 17.3 Å². The van der Waals surface area contributed by atoms with Crippen LogP contribution in [0.4, 0.5) is 0 Å². The average molecular weight is 385 g/mol. The normalized spacial score (nSPS) is 24.9. The van der Waals surface area contributed by atoms with E-state index in [0.29, 0.717) is 28.6 Å². The second-order valence-electron chi connectivity index (χ2n) is 7.25. The molecule has 0 radical (unpaired) electrons. The van der Waals surface area contributed by atoms with Crippen molar-refractivity contribution >= 4 is 17.7 Å². The number of hydrogen-bond acceptors (Lipinski definition) is 6. The van der Waals surface area contributed by atoms with Crippen molar-refractivity contribution in [2.45, 2.75) is 11.2 Å². The maximum absolute atomic E-state index is 12.9. The van der Waals surface area contributed by atoms with Crippen molar-refractivity contribution in [3.05, 3.63) is 47.8 Å². The van der Waals surface area contributed by atoms with Crippen LogP contribution in [0.5, 0.6) is 5.75 Å². The van der Waals surface area contributed by atoms with Gasteiger partial charge < -0.3 is 9.64 Å². The first-order valence-electron chi connectivity index (χ1n) is 9.10. The number of methoxy groups -OCH3 is 1. The molecule has 0 spiro atoms. The molecule has 1 aromatic carbocycles. The molecule has 3 atom stereocenters. The minimum absolute atomic E-state index is 0.0354. The Morgan fingerprint density at radius 2 is 1.85 bits per heavy atom. The van der Waals surface area contributed by atoms with E-state index >= 15 is 0 Å². The Hall–Kier alpha value is -2.12. The molecule has 1 amide bonds. The van der Waals surface area contributed by atoms with Crippen LogP contribution in [0.15, 0.2) is 41.8 Å². The van der Waals surface area contributed by atoms with Crippen LogP contribution in [-0.4, -0.2) is 65.7 Å². The number of carbonyl (C=O) groups is 1. The van der Waals surface area contributed by atoms with Crippen LogP contribution in [0, 0.1) is 11.8 Å². The summed E-state index contributed by atoms with van der Waals surface area (Å²) >= 11 is 1.47. The fourth-order valence-electron chi connectivity index (χ4n) is 4.44. The van der Waals surface area contributed by atoms with Crippen LogP contribution in [0.25, 0.3) is 0 Å². The van der Waals surface area contributed by atoms with E-state index in [1.54, 1.807) is 19.5 Å². The molecule has 2 aromatic rings. The van der Waals surface area contributed by atoms with Gasteiger partial charge in [-0.25, -0.2) is 9.97 Å². The predicted octanol–water partition coefficient (Wildman–Crippen LogP) is 2.58. The molecule has 2 fully saturated rings. The van der Waals surface area contributed by atoms with Gasteiger partial charge in [-0.1, -0.05) is 23.9 Å². The third-order valence-electron chi connectivity index (χ3n) is 5.70.